The van der Waals surface area contributed by atoms with E-state index in [0.29, 0.717) is 17.0 Å². The van der Waals surface area contributed by atoms with Gasteiger partial charge in [0.2, 0.25) is 5.17 Å². The fraction of sp³-hybridized carbons (Fsp3) is 0.250. The molecule has 2 aromatic rings. The fourth-order valence-electron chi connectivity index (χ4n) is 4.33. The number of ether oxygens (including phenoxy) is 1. The molecule has 0 radical (unpaired) electrons. The zero-order chi connectivity index (χ0) is 21.6. The largest absolute Gasteiger partial charge is 0.740 e. The summed E-state index contributed by atoms with van der Waals surface area (Å²) in [6.45, 7) is 1.70. The maximum Gasteiger partial charge on any atom is 0.740 e. The van der Waals surface area contributed by atoms with E-state index >= 15 is 8.63 Å². The summed E-state index contributed by atoms with van der Waals surface area (Å²) in [6, 6.07) is 7.22. The van der Waals surface area contributed by atoms with Gasteiger partial charge in [0.05, 0.1) is 18.7 Å². The third-order valence-corrected chi connectivity index (χ3v) is 5.62. The number of allylic oxidation sites excluding steroid dienone is 2. The summed E-state index contributed by atoms with van der Waals surface area (Å²) in [5.74, 6) is -0.00141. The fourth-order valence-corrected chi connectivity index (χ4v) is 4.60. The lowest BCUT2D eigenvalue weighted by molar-refractivity contribution is -0.359. The zero-order valence-electron chi connectivity index (χ0n) is 16.7. The molecule has 2 aliphatic heterocycles. The Labute approximate surface area is 177 Å². The number of aromatic nitrogens is 1. The number of fused-ring (bicyclic) bond motifs is 2. The van der Waals surface area contributed by atoms with Crippen LogP contribution in [0, 0.1) is 20.8 Å². The molecule has 4 rings (SSSR count). The monoisotopic (exact) mass is 429 g/mol. The van der Waals surface area contributed by atoms with Gasteiger partial charge >= 0.3 is 6.97 Å². The van der Waals surface area contributed by atoms with Gasteiger partial charge in [-0.05, 0) is 66.7 Å². The minimum atomic E-state index is -4.27. The molecule has 154 valence electrons. The van der Waals surface area contributed by atoms with E-state index in [0.717, 1.165) is 31.2 Å². The zero-order valence-corrected chi connectivity index (χ0v) is 17.5. The van der Waals surface area contributed by atoms with Crippen molar-refractivity contribution in [3.63, 3.8) is 0 Å². The number of hydrogen-bond donors (Lipinski definition) is 0. The average Bonchev–Trinajstić information content (AvgIpc) is 3.26. The molecule has 2 aliphatic rings. The Morgan fingerprint density at radius 1 is 1.20 bits per heavy atom. The van der Waals surface area contributed by atoms with Crippen molar-refractivity contribution in [3.05, 3.63) is 80.5 Å². The lowest BCUT2D eigenvalue weighted by atomic mass is 9.83. The molecule has 30 heavy (non-hydrogen) atoms. The van der Waals surface area contributed by atoms with E-state index in [2.05, 4.69) is 10.0 Å². The lowest BCUT2D eigenvalue weighted by Crippen LogP contribution is -2.50. The van der Waals surface area contributed by atoms with Gasteiger partial charge in [0.25, 0.3) is 0 Å². The molecule has 0 aliphatic carbocycles. The minimum absolute atomic E-state index is 0.00141. The van der Waals surface area contributed by atoms with Crippen LogP contribution < -0.4 is 4.74 Å². The predicted octanol–water partition coefficient (Wildman–Crippen LogP) is 5.32. The molecule has 0 spiro atoms. The molecule has 3 heterocycles. The van der Waals surface area contributed by atoms with Crippen LogP contribution in [0.15, 0.2) is 47.2 Å². The van der Waals surface area contributed by atoms with Crippen molar-refractivity contribution in [3.8, 4) is 5.88 Å². The van der Waals surface area contributed by atoms with Gasteiger partial charge in [0.1, 0.15) is 0 Å². The quantitative estimate of drug-likeness (QED) is 0.209. The summed E-state index contributed by atoms with van der Waals surface area (Å²) in [6.07, 6.45) is 3.12. The molecule has 0 unspecified atom stereocenters. The third kappa shape index (κ3) is 3.02. The van der Waals surface area contributed by atoms with Crippen molar-refractivity contribution < 1.29 is 17.9 Å². The lowest BCUT2D eigenvalue weighted by Gasteiger charge is -2.33. The highest BCUT2D eigenvalue weighted by Crippen LogP contribution is 2.44. The number of azide groups is 1. The number of hydrogen-bond acceptors (Lipinski definition) is 2. The molecule has 0 saturated heterocycles. The van der Waals surface area contributed by atoms with Crippen LogP contribution in [0.3, 0.4) is 0 Å². The highest BCUT2D eigenvalue weighted by molar-refractivity contribution is 6.70. The van der Waals surface area contributed by atoms with Gasteiger partial charge in [-0.3, -0.25) is 0 Å². The Morgan fingerprint density at radius 3 is 2.57 bits per heavy atom. The number of benzene rings is 1. The van der Waals surface area contributed by atoms with Crippen LogP contribution in [-0.2, 0) is 0 Å². The van der Waals surface area contributed by atoms with Crippen molar-refractivity contribution in [2.24, 2.45) is 5.11 Å². The predicted molar refractivity (Wildman–Crippen MR) is 114 cm³/mol. The van der Waals surface area contributed by atoms with E-state index in [-0.39, 0.29) is 24.2 Å². The molecule has 0 N–H and O–H groups in total. The van der Waals surface area contributed by atoms with Crippen molar-refractivity contribution in [2.45, 2.75) is 20.8 Å². The van der Waals surface area contributed by atoms with Gasteiger partial charge in [-0.2, -0.15) is 0 Å². The van der Waals surface area contributed by atoms with Crippen LogP contribution in [0.2, 0.25) is 0 Å². The SMILES string of the molecule is Cc1cc(C)c(C2=C3C=CC(Cl)=[N+]3[B-](F)(F)n3c(OCCN=[N+]=[N-])ccc32)c(C)c1. The summed E-state index contributed by atoms with van der Waals surface area (Å²) < 4.78 is 38.6. The summed E-state index contributed by atoms with van der Waals surface area (Å²) >= 11 is 6.21. The van der Waals surface area contributed by atoms with E-state index in [4.69, 9.17) is 21.9 Å². The van der Waals surface area contributed by atoms with Gasteiger partial charge in [-0.15, -0.1) is 0 Å². The number of halogens is 3. The van der Waals surface area contributed by atoms with Crippen LogP contribution in [0.25, 0.3) is 16.0 Å². The molecular weight excluding hydrogens is 411 g/mol. The second-order valence-corrected chi connectivity index (χ2v) is 7.77. The topological polar surface area (TPSA) is 65.9 Å². The summed E-state index contributed by atoms with van der Waals surface area (Å²) in [4.78, 5) is 2.65. The van der Waals surface area contributed by atoms with E-state index in [1.165, 1.54) is 12.1 Å². The van der Waals surface area contributed by atoms with Crippen molar-refractivity contribution in [1.82, 2.24) is 4.48 Å². The molecule has 0 fully saturated rings. The smallest absolute Gasteiger partial charge is 0.482 e. The Morgan fingerprint density at radius 2 is 1.90 bits per heavy atom. The first-order valence-corrected chi connectivity index (χ1v) is 9.85. The molecule has 1 aromatic heterocycles. The normalized spacial score (nSPS) is 16.5. The second kappa shape index (κ2) is 7.34. The average molecular weight is 430 g/mol. The van der Waals surface area contributed by atoms with E-state index < -0.39 is 6.97 Å². The minimum Gasteiger partial charge on any atom is -0.482 e. The first kappa shape index (κ1) is 20.3. The molecule has 0 atom stereocenters. The van der Waals surface area contributed by atoms with Gasteiger partial charge < -0.3 is 22.3 Å². The van der Waals surface area contributed by atoms with E-state index in [1.807, 2.05) is 32.9 Å². The summed E-state index contributed by atoms with van der Waals surface area (Å²) in [7, 11) is 0. The standard InChI is InChI=1S/C20H19BClF2N5O/c1-12-10-13(2)19(14(3)11-12)20-15-4-6-17(22)28(15)21(23,24)29-16(20)5-7-18(29)30-9-8-26-27-25/h4-7,10-11H,8-9H2,1-3H3. The second-order valence-electron chi connectivity index (χ2n) is 7.38. The van der Waals surface area contributed by atoms with Crippen LogP contribution in [0.4, 0.5) is 8.63 Å². The molecule has 0 bridgehead atoms. The Bertz CT molecular complexity index is 1180. The van der Waals surface area contributed by atoms with Gasteiger partial charge in [0.15, 0.2) is 11.6 Å². The van der Waals surface area contributed by atoms with Crippen LogP contribution in [0.1, 0.15) is 27.9 Å². The molecule has 10 heteroatoms. The molecule has 1 aromatic carbocycles. The molecule has 0 saturated carbocycles. The summed E-state index contributed by atoms with van der Waals surface area (Å²) in [5.41, 5.74) is 13.8. The molecule has 0 amide bonds. The van der Waals surface area contributed by atoms with E-state index in [9.17, 15) is 0 Å². The Kier molecular flexibility index (Phi) is 4.96. The maximum atomic E-state index is 15.6. The first-order chi connectivity index (χ1) is 14.3. The number of nitrogens with zero attached hydrogens (tertiary/aromatic N) is 5. The van der Waals surface area contributed by atoms with Crippen molar-refractivity contribution in [2.75, 3.05) is 13.2 Å². The van der Waals surface area contributed by atoms with E-state index in [1.54, 1.807) is 12.1 Å². The molecular formula is C20H19BClF2N5O. The van der Waals surface area contributed by atoms with Crippen LogP contribution >= 0.6 is 11.6 Å². The first-order valence-electron chi connectivity index (χ1n) is 9.47. The van der Waals surface area contributed by atoms with Gasteiger partial charge in [-0.25, -0.2) is 0 Å². The highest BCUT2D eigenvalue weighted by atomic mass is 35.5. The van der Waals surface area contributed by atoms with Crippen molar-refractivity contribution in [1.29, 1.82) is 0 Å². The summed E-state index contributed by atoms with van der Waals surface area (Å²) in [5, 5.41) is 3.34. The van der Waals surface area contributed by atoms with Gasteiger partial charge in [-0.1, -0.05) is 22.8 Å². The third-order valence-electron chi connectivity index (χ3n) is 5.31. The Hall–Kier alpha value is -3.03. The molecule has 6 nitrogen and oxygen atoms in total. The van der Waals surface area contributed by atoms with Crippen LogP contribution in [-0.4, -0.2) is 34.3 Å². The van der Waals surface area contributed by atoms with Crippen molar-refractivity contribution >= 4 is 29.3 Å². The number of rotatable bonds is 5. The Balaban J connectivity index is 1.97. The highest BCUT2D eigenvalue weighted by Gasteiger charge is 2.55. The maximum absolute atomic E-state index is 15.6. The number of aryl methyl sites for hydroxylation is 3. The van der Waals surface area contributed by atoms with Crippen LogP contribution in [0.5, 0.6) is 5.88 Å². The van der Waals surface area contributed by atoms with Gasteiger partial charge in [0, 0.05) is 22.8 Å².